The van der Waals surface area contributed by atoms with Crippen LogP contribution in [0.2, 0.25) is 0 Å². The SMILES string of the molecule is O=[N+]([O-])c1ccc(OCc2ccon2)cc1. The van der Waals surface area contributed by atoms with E-state index in [9.17, 15) is 10.1 Å². The van der Waals surface area contributed by atoms with E-state index in [0.717, 1.165) is 0 Å². The average molecular weight is 220 g/mol. The van der Waals surface area contributed by atoms with E-state index in [1.54, 1.807) is 6.07 Å². The highest BCUT2D eigenvalue weighted by atomic mass is 16.6. The van der Waals surface area contributed by atoms with Crippen molar-refractivity contribution < 1.29 is 14.2 Å². The van der Waals surface area contributed by atoms with Gasteiger partial charge in [0, 0.05) is 18.2 Å². The third kappa shape index (κ3) is 2.35. The summed E-state index contributed by atoms with van der Waals surface area (Å²) >= 11 is 0. The van der Waals surface area contributed by atoms with Crippen molar-refractivity contribution in [1.29, 1.82) is 0 Å². The first-order valence-electron chi connectivity index (χ1n) is 4.52. The number of nitrogens with zero attached hydrogens (tertiary/aromatic N) is 2. The molecule has 2 aromatic rings. The molecule has 0 saturated heterocycles. The van der Waals surface area contributed by atoms with Gasteiger partial charge >= 0.3 is 0 Å². The highest BCUT2D eigenvalue weighted by molar-refractivity contribution is 5.35. The molecule has 0 saturated carbocycles. The molecule has 16 heavy (non-hydrogen) atoms. The molecule has 2 rings (SSSR count). The molecular weight excluding hydrogens is 212 g/mol. The zero-order valence-corrected chi connectivity index (χ0v) is 8.20. The first-order valence-corrected chi connectivity index (χ1v) is 4.52. The summed E-state index contributed by atoms with van der Waals surface area (Å²) < 4.78 is 9.97. The molecule has 0 atom stereocenters. The molecule has 0 amide bonds. The Morgan fingerprint density at radius 2 is 2.06 bits per heavy atom. The number of non-ortho nitro benzene ring substituents is 1. The van der Waals surface area contributed by atoms with E-state index >= 15 is 0 Å². The van der Waals surface area contributed by atoms with Gasteiger partial charge in [-0.15, -0.1) is 0 Å². The zero-order valence-electron chi connectivity index (χ0n) is 8.20. The summed E-state index contributed by atoms with van der Waals surface area (Å²) in [6, 6.07) is 7.54. The van der Waals surface area contributed by atoms with Crippen molar-refractivity contribution in [1.82, 2.24) is 5.16 Å². The van der Waals surface area contributed by atoms with E-state index in [0.29, 0.717) is 11.4 Å². The highest BCUT2D eigenvalue weighted by Gasteiger charge is 2.04. The lowest BCUT2D eigenvalue weighted by molar-refractivity contribution is -0.384. The maximum absolute atomic E-state index is 10.4. The first kappa shape index (κ1) is 10.2. The Balaban J connectivity index is 1.98. The van der Waals surface area contributed by atoms with Crippen molar-refractivity contribution >= 4 is 5.69 Å². The summed E-state index contributed by atoms with van der Waals surface area (Å²) in [6.07, 6.45) is 1.45. The monoisotopic (exact) mass is 220 g/mol. The minimum Gasteiger partial charge on any atom is -0.487 e. The van der Waals surface area contributed by atoms with Gasteiger partial charge in [-0.1, -0.05) is 5.16 Å². The third-order valence-corrected chi connectivity index (χ3v) is 1.93. The van der Waals surface area contributed by atoms with E-state index in [2.05, 4.69) is 9.68 Å². The lowest BCUT2D eigenvalue weighted by Gasteiger charge is -2.02. The molecule has 1 aromatic heterocycles. The summed E-state index contributed by atoms with van der Waals surface area (Å²) in [5.74, 6) is 0.550. The van der Waals surface area contributed by atoms with Crippen LogP contribution in [0.1, 0.15) is 5.69 Å². The molecule has 0 unspecified atom stereocenters. The first-order chi connectivity index (χ1) is 7.75. The van der Waals surface area contributed by atoms with E-state index in [1.165, 1.54) is 30.5 Å². The van der Waals surface area contributed by atoms with Crippen LogP contribution in [0.3, 0.4) is 0 Å². The summed E-state index contributed by atoms with van der Waals surface area (Å²) in [7, 11) is 0. The smallest absolute Gasteiger partial charge is 0.269 e. The molecule has 0 spiro atoms. The fraction of sp³-hybridized carbons (Fsp3) is 0.100. The number of hydrogen-bond donors (Lipinski definition) is 0. The predicted octanol–water partition coefficient (Wildman–Crippen LogP) is 2.16. The van der Waals surface area contributed by atoms with E-state index in [1.807, 2.05) is 0 Å². The van der Waals surface area contributed by atoms with Gasteiger partial charge in [0.05, 0.1) is 4.92 Å². The van der Waals surface area contributed by atoms with Gasteiger partial charge < -0.3 is 9.26 Å². The maximum Gasteiger partial charge on any atom is 0.269 e. The number of nitro benzene ring substituents is 1. The Kier molecular flexibility index (Phi) is 2.81. The van der Waals surface area contributed by atoms with Gasteiger partial charge in [0.1, 0.15) is 24.3 Å². The molecular formula is C10H8N2O4. The molecule has 0 aliphatic carbocycles. The second kappa shape index (κ2) is 4.43. The van der Waals surface area contributed by atoms with Crippen LogP contribution in [0.15, 0.2) is 41.1 Å². The largest absolute Gasteiger partial charge is 0.487 e. The van der Waals surface area contributed by atoms with Gasteiger partial charge in [0.15, 0.2) is 0 Å². The van der Waals surface area contributed by atoms with Crippen molar-refractivity contribution in [3.8, 4) is 5.75 Å². The van der Waals surface area contributed by atoms with Gasteiger partial charge in [0.25, 0.3) is 5.69 Å². The third-order valence-electron chi connectivity index (χ3n) is 1.93. The number of aromatic nitrogens is 1. The summed E-state index contributed by atoms with van der Waals surface area (Å²) in [4.78, 5) is 9.94. The number of benzene rings is 1. The van der Waals surface area contributed by atoms with Crippen LogP contribution in [0.4, 0.5) is 5.69 Å². The number of nitro groups is 1. The zero-order chi connectivity index (χ0) is 11.4. The lowest BCUT2D eigenvalue weighted by Crippen LogP contribution is -1.95. The Bertz CT molecular complexity index is 464. The normalized spacial score (nSPS) is 10.0. The molecule has 0 bridgehead atoms. The Morgan fingerprint density at radius 1 is 1.31 bits per heavy atom. The number of ether oxygens (including phenoxy) is 1. The standard InChI is InChI=1S/C10H8N2O4/c13-12(14)9-1-3-10(4-2-9)15-7-8-5-6-16-11-8/h1-6H,7H2. The van der Waals surface area contributed by atoms with Crippen LogP contribution in [0, 0.1) is 10.1 Å². The van der Waals surface area contributed by atoms with Crippen molar-refractivity contribution in [2.24, 2.45) is 0 Å². The molecule has 1 aromatic carbocycles. The van der Waals surface area contributed by atoms with E-state index in [-0.39, 0.29) is 12.3 Å². The van der Waals surface area contributed by atoms with Gasteiger partial charge in [-0.3, -0.25) is 10.1 Å². The number of rotatable bonds is 4. The van der Waals surface area contributed by atoms with Crippen molar-refractivity contribution in [3.63, 3.8) is 0 Å². The van der Waals surface area contributed by atoms with Crippen LogP contribution >= 0.6 is 0 Å². The van der Waals surface area contributed by atoms with Gasteiger partial charge in [-0.2, -0.15) is 0 Å². The topological polar surface area (TPSA) is 78.4 Å². The molecule has 0 aliphatic heterocycles. The van der Waals surface area contributed by atoms with Crippen LogP contribution < -0.4 is 4.74 Å². The Hall–Kier alpha value is -2.37. The molecule has 0 aliphatic rings. The molecule has 0 N–H and O–H groups in total. The second-order valence-electron chi connectivity index (χ2n) is 3.03. The molecule has 82 valence electrons. The minimum atomic E-state index is -0.457. The molecule has 6 nitrogen and oxygen atoms in total. The predicted molar refractivity (Wildman–Crippen MR) is 53.9 cm³/mol. The van der Waals surface area contributed by atoms with Gasteiger partial charge in [-0.25, -0.2) is 0 Å². The summed E-state index contributed by atoms with van der Waals surface area (Å²) in [6.45, 7) is 0.272. The Labute approximate surface area is 90.6 Å². The molecule has 1 heterocycles. The van der Waals surface area contributed by atoms with Crippen LogP contribution in [0.25, 0.3) is 0 Å². The lowest BCUT2D eigenvalue weighted by atomic mass is 10.3. The van der Waals surface area contributed by atoms with E-state index in [4.69, 9.17) is 4.74 Å². The molecule has 0 fully saturated rings. The van der Waals surface area contributed by atoms with Crippen LogP contribution in [-0.2, 0) is 6.61 Å². The Morgan fingerprint density at radius 3 is 2.62 bits per heavy atom. The molecule has 0 radical (unpaired) electrons. The fourth-order valence-corrected chi connectivity index (χ4v) is 1.13. The minimum absolute atomic E-state index is 0.0359. The van der Waals surface area contributed by atoms with Crippen molar-refractivity contribution in [2.75, 3.05) is 0 Å². The average Bonchev–Trinajstić information content (AvgIpc) is 2.80. The van der Waals surface area contributed by atoms with Crippen LogP contribution in [-0.4, -0.2) is 10.1 Å². The van der Waals surface area contributed by atoms with Crippen molar-refractivity contribution in [2.45, 2.75) is 6.61 Å². The van der Waals surface area contributed by atoms with Gasteiger partial charge in [0.2, 0.25) is 0 Å². The van der Waals surface area contributed by atoms with Crippen molar-refractivity contribution in [3.05, 3.63) is 52.4 Å². The summed E-state index contributed by atoms with van der Waals surface area (Å²) in [5.41, 5.74) is 0.701. The second-order valence-corrected chi connectivity index (χ2v) is 3.03. The highest BCUT2D eigenvalue weighted by Crippen LogP contribution is 2.18. The quantitative estimate of drug-likeness (QED) is 0.582. The maximum atomic E-state index is 10.4. The fourth-order valence-electron chi connectivity index (χ4n) is 1.13. The molecule has 6 heteroatoms. The number of hydrogen-bond acceptors (Lipinski definition) is 5. The van der Waals surface area contributed by atoms with Crippen LogP contribution in [0.5, 0.6) is 5.75 Å². The summed E-state index contributed by atoms with van der Waals surface area (Å²) in [5, 5.41) is 14.1. The van der Waals surface area contributed by atoms with E-state index < -0.39 is 4.92 Å². The van der Waals surface area contributed by atoms with Gasteiger partial charge in [-0.05, 0) is 12.1 Å².